The molecule has 0 spiro atoms. The van der Waals surface area contributed by atoms with Gasteiger partial charge >= 0.3 is 0 Å². The van der Waals surface area contributed by atoms with E-state index >= 15 is 0 Å². The first kappa shape index (κ1) is 21.6. The number of hydrogen-bond acceptors (Lipinski definition) is 4. The zero-order valence-corrected chi connectivity index (χ0v) is 18.8. The van der Waals surface area contributed by atoms with Crippen LogP contribution < -0.4 is 10.6 Å². The van der Waals surface area contributed by atoms with Crippen LogP contribution in [-0.2, 0) is 22.6 Å². The van der Waals surface area contributed by atoms with Gasteiger partial charge in [-0.15, -0.1) is 0 Å². The lowest BCUT2D eigenvalue weighted by molar-refractivity contribution is -0.129. The molecular formula is C26H30N4O3. The Labute approximate surface area is 194 Å². The maximum atomic E-state index is 12.9. The second kappa shape index (κ2) is 9.35. The molecule has 0 radical (unpaired) electrons. The van der Waals surface area contributed by atoms with Crippen molar-refractivity contribution in [3.63, 3.8) is 0 Å². The van der Waals surface area contributed by atoms with Gasteiger partial charge in [-0.25, -0.2) is 0 Å². The third-order valence-electron chi connectivity index (χ3n) is 6.79. The van der Waals surface area contributed by atoms with E-state index in [0.717, 1.165) is 50.9 Å². The van der Waals surface area contributed by atoms with Crippen LogP contribution in [0.25, 0.3) is 0 Å². The van der Waals surface area contributed by atoms with Gasteiger partial charge in [-0.3, -0.25) is 19.3 Å². The van der Waals surface area contributed by atoms with E-state index < -0.39 is 6.04 Å². The van der Waals surface area contributed by atoms with Gasteiger partial charge in [-0.05, 0) is 48.4 Å². The Kier molecular flexibility index (Phi) is 6.13. The van der Waals surface area contributed by atoms with Crippen LogP contribution in [0.4, 0.5) is 0 Å². The zero-order chi connectivity index (χ0) is 22.8. The summed E-state index contributed by atoms with van der Waals surface area (Å²) in [5, 5.41) is 5.65. The lowest BCUT2D eigenvalue weighted by Crippen LogP contribution is -2.44. The molecule has 172 valence electrons. The molecule has 1 saturated carbocycles. The summed E-state index contributed by atoms with van der Waals surface area (Å²) in [7, 11) is 0. The van der Waals surface area contributed by atoms with Gasteiger partial charge in [0.1, 0.15) is 6.04 Å². The fraction of sp³-hybridized carbons (Fsp3) is 0.423. The van der Waals surface area contributed by atoms with Crippen LogP contribution in [0.3, 0.4) is 0 Å². The van der Waals surface area contributed by atoms with Crippen LogP contribution in [0.5, 0.6) is 0 Å². The van der Waals surface area contributed by atoms with Crippen LogP contribution in [0.2, 0.25) is 0 Å². The first-order chi connectivity index (χ1) is 16.1. The highest BCUT2D eigenvalue weighted by molar-refractivity contribution is 6.05. The number of benzene rings is 2. The molecule has 0 bridgehead atoms. The molecule has 3 aliphatic rings. The molecule has 2 aromatic carbocycles. The van der Waals surface area contributed by atoms with Gasteiger partial charge in [0.25, 0.3) is 5.91 Å². The normalized spacial score (nSPS) is 19.7. The number of nitrogens with one attached hydrogen (secondary N) is 2. The van der Waals surface area contributed by atoms with Crippen molar-refractivity contribution in [2.45, 2.75) is 44.3 Å². The number of hydrogen-bond donors (Lipinski definition) is 2. The summed E-state index contributed by atoms with van der Waals surface area (Å²) in [4.78, 5) is 42.1. The van der Waals surface area contributed by atoms with Crippen LogP contribution in [0.15, 0.2) is 48.5 Å². The van der Waals surface area contributed by atoms with Gasteiger partial charge in [-0.1, -0.05) is 42.5 Å². The molecule has 5 rings (SSSR count). The van der Waals surface area contributed by atoms with Gasteiger partial charge in [-0.2, -0.15) is 0 Å². The highest BCUT2D eigenvalue weighted by Crippen LogP contribution is 2.41. The van der Waals surface area contributed by atoms with Crippen molar-refractivity contribution in [1.29, 1.82) is 0 Å². The SMILES string of the molecule is O=C(CNC(=O)[C@H]1c2ccccc2C(=O)N1C1CC1)NCCCN1CCc2ccccc2C1. The minimum absolute atomic E-state index is 0.0821. The molecule has 0 aromatic heterocycles. The molecule has 33 heavy (non-hydrogen) atoms. The van der Waals surface area contributed by atoms with Gasteiger partial charge in [0, 0.05) is 37.8 Å². The highest BCUT2D eigenvalue weighted by atomic mass is 16.2. The second-order valence-electron chi connectivity index (χ2n) is 9.15. The first-order valence-electron chi connectivity index (χ1n) is 11.9. The van der Waals surface area contributed by atoms with Crippen molar-refractivity contribution >= 4 is 17.7 Å². The highest BCUT2D eigenvalue weighted by Gasteiger charge is 2.47. The largest absolute Gasteiger partial charge is 0.355 e. The Hall–Kier alpha value is -3.19. The number of carbonyl (C=O) groups excluding carboxylic acids is 3. The number of amides is 3. The average molecular weight is 447 g/mol. The lowest BCUT2D eigenvalue weighted by atomic mass is 10.00. The summed E-state index contributed by atoms with van der Waals surface area (Å²) in [5.41, 5.74) is 4.15. The molecule has 7 nitrogen and oxygen atoms in total. The number of carbonyl (C=O) groups is 3. The summed E-state index contributed by atoms with van der Waals surface area (Å²) in [5.74, 6) is -0.580. The third-order valence-corrected chi connectivity index (χ3v) is 6.79. The molecule has 1 fully saturated rings. The number of nitrogens with zero attached hydrogens (tertiary/aromatic N) is 2. The van der Waals surface area contributed by atoms with Crippen LogP contribution in [0, 0.1) is 0 Å². The van der Waals surface area contributed by atoms with E-state index in [0.29, 0.717) is 12.1 Å². The predicted molar refractivity (Wildman–Crippen MR) is 124 cm³/mol. The smallest absolute Gasteiger partial charge is 0.255 e. The second-order valence-corrected chi connectivity index (χ2v) is 9.15. The van der Waals surface area contributed by atoms with Gasteiger partial charge < -0.3 is 15.5 Å². The quantitative estimate of drug-likeness (QED) is 0.608. The standard InChI is InChI=1S/C26H30N4O3/c31-23(27-13-5-14-29-15-12-18-6-1-2-7-19(18)17-29)16-28-25(32)24-21-8-3-4-9-22(21)26(33)30(24)20-10-11-20/h1-4,6-9,20,24H,5,10-17H2,(H,27,31)(H,28,32)/t24-/m1/s1. The van der Waals surface area contributed by atoms with E-state index in [1.165, 1.54) is 11.1 Å². The van der Waals surface area contributed by atoms with Gasteiger partial charge in [0.15, 0.2) is 0 Å². The topological polar surface area (TPSA) is 81.8 Å². The van der Waals surface area contributed by atoms with E-state index in [1.54, 1.807) is 11.0 Å². The van der Waals surface area contributed by atoms with Crippen molar-refractivity contribution in [1.82, 2.24) is 20.4 Å². The summed E-state index contributed by atoms with van der Waals surface area (Å²) in [6.45, 7) is 3.42. The molecule has 2 heterocycles. The van der Waals surface area contributed by atoms with Crippen LogP contribution >= 0.6 is 0 Å². The fourth-order valence-electron chi connectivity index (χ4n) is 4.94. The van der Waals surface area contributed by atoms with E-state index in [9.17, 15) is 14.4 Å². The van der Waals surface area contributed by atoms with Crippen LogP contribution in [0.1, 0.15) is 52.4 Å². The van der Waals surface area contributed by atoms with Crippen molar-refractivity contribution < 1.29 is 14.4 Å². The minimum atomic E-state index is -0.643. The average Bonchev–Trinajstić information content (AvgIpc) is 3.64. The fourth-order valence-corrected chi connectivity index (χ4v) is 4.94. The molecule has 0 saturated heterocycles. The van der Waals surface area contributed by atoms with Crippen molar-refractivity contribution in [3.8, 4) is 0 Å². The molecule has 0 unspecified atom stereocenters. The Morgan fingerprint density at radius 1 is 0.970 bits per heavy atom. The van der Waals surface area contributed by atoms with E-state index in [2.05, 4.69) is 39.8 Å². The minimum Gasteiger partial charge on any atom is -0.355 e. The molecule has 7 heteroatoms. The zero-order valence-electron chi connectivity index (χ0n) is 18.8. The summed E-state index contributed by atoms with van der Waals surface area (Å²) >= 11 is 0. The Morgan fingerprint density at radius 3 is 2.55 bits per heavy atom. The molecule has 1 aliphatic carbocycles. The van der Waals surface area contributed by atoms with E-state index in [4.69, 9.17) is 0 Å². The molecular weight excluding hydrogens is 416 g/mol. The first-order valence-corrected chi connectivity index (χ1v) is 11.9. The molecule has 1 atom stereocenters. The Balaban J connectivity index is 1.06. The predicted octanol–water partition coefficient (Wildman–Crippen LogP) is 2.03. The molecule has 2 N–H and O–H groups in total. The van der Waals surface area contributed by atoms with E-state index in [-0.39, 0.29) is 30.3 Å². The lowest BCUT2D eigenvalue weighted by Gasteiger charge is -2.28. The van der Waals surface area contributed by atoms with Gasteiger partial charge in [0.2, 0.25) is 11.8 Å². The van der Waals surface area contributed by atoms with E-state index in [1.807, 2.05) is 18.2 Å². The Morgan fingerprint density at radius 2 is 1.73 bits per heavy atom. The molecule has 2 aliphatic heterocycles. The molecule has 3 amide bonds. The van der Waals surface area contributed by atoms with Gasteiger partial charge in [0.05, 0.1) is 6.54 Å². The van der Waals surface area contributed by atoms with Crippen molar-refractivity contribution in [2.24, 2.45) is 0 Å². The maximum absolute atomic E-state index is 12.9. The maximum Gasteiger partial charge on any atom is 0.255 e. The van der Waals surface area contributed by atoms with Crippen molar-refractivity contribution in [2.75, 3.05) is 26.2 Å². The summed E-state index contributed by atoms with van der Waals surface area (Å²) in [6.07, 6.45) is 3.78. The summed E-state index contributed by atoms with van der Waals surface area (Å²) in [6, 6.07) is 15.3. The monoisotopic (exact) mass is 446 g/mol. The Bertz CT molecular complexity index is 1070. The molecule has 2 aromatic rings. The van der Waals surface area contributed by atoms with Crippen molar-refractivity contribution in [3.05, 3.63) is 70.8 Å². The van der Waals surface area contributed by atoms with Crippen LogP contribution in [-0.4, -0.2) is 59.7 Å². The third kappa shape index (κ3) is 4.64. The number of fused-ring (bicyclic) bond motifs is 2. The number of rotatable bonds is 8. The summed E-state index contributed by atoms with van der Waals surface area (Å²) < 4.78 is 0.